The van der Waals surface area contributed by atoms with Crippen LogP contribution in [0.5, 0.6) is 5.75 Å². The van der Waals surface area contributed by atoms with Gasteiger partial charge in [-0.25, -0.2) is 4.98 Å². The average molecular weight is 376 g/mol. The summed E-state index contributed by atoms with van der Waals surface area (Å²) in [6.45, 7) is 0. The molecule has 1 atom stereocenters. The van der Waals surface area contributed by atoms with Crippen molar-refractivity contribution in [2.24, 2.45) is 5.73 Å². The number of pyridine rings is 1. The van der Waals surface area contributed by atoms with Crippen LogP contribution in [-0.4, -0.2) is 23.4 Å². The maximum Gasteiger partial charge on any atom is 0.145 e. The molecule has 2 aromatic carbocycles. The highest BCUT2D eigenvalue weighted by Gasteiger charge is 2.14. The number of nitrogens with zero attached hydrogens (tertiary/aromatic N) is 1. The molecular weight excluding hydrogens is 356 g/mol. The Morgan fingerprint density at radius 1 is 1.07 bits per heavy atom. The van der Waals surface area contributed by atoms with E-state index in [4.69, 9.17) is 15.5 Å². The van der Waals surface area contributed by atoms with Crippen molar-refractivity contribution in [2.45, 2.75) is 12.6 Å². The van der Waals surface area contributed by atoms with Crippen molar-refractivity contribution in [3.8, 4) is 27.4 Å². The van der Waals surface area contributed by atoms with Crippen LogP contribution in [0.2, 0.25) is 0 Å². The lowest BCUT2D eigenvalue weighted by molar-refractivity contribution is 0.184. The van der Waals surface area contributed by atoms with Gasteiger partial charge in [-0.2, -0.15) is 0 Å². The molecule has 2 heterocycles. The predicted molar refractivity (Wildman–Crippen MR) is 111 cm³/mol. The molecule has 2 aromatic heterocycles. The number of aliphatic hydroxyl groups is 1. The molecule has 0 radical (unpaired) electrons. The number of ether oxygens (including phenoxy) is 1. The molecule has 0 saturated carbocycles. The molecular formula is C22H20N2O2S. The maximum atomic E-state index is 9.44. The zero-order chi connectivity index (χ0) is 18.8. The quantitative estimate of drug-likeness (QED) is 0.505. The van der Waals surface area contributed by atoms with Gasteiger partial charge in [-0.05, 0) is 35.4 Å². The van der Waals surface area contributed by atoms with E-state index in [1.807, 2.05) is 42.5 Å². The SMILES string of the molecule is COc1cccc2c(-c3ccccc3)cc(-c3ccc(CC(N)O)s3)nc12. The van der Waals surface area contributed by atoms with Crippen LogP contribution in [0.4, 0.5) is 0 Å². The third-order valence-corrected chi connectivity index (χ3v) is 5.56. The second-order valence-corrected chi connectivity index (χ2v) is 7.48. The maximum absolute atomic E-state index is 9.44. The van der Waals surface area contributed by atoms with E-state index in [9.17, 15) is 5.11 Å². The van der Waals surface area contributed by atoms with Crippen molar-refractivity contribution < 1.29 is 9.84 Å². The van der Waals surface area contributed by atoms with Crippen molar-refractivity contribution in [3.05, 3.63) is 71.6 Å². The first kappa shape index (κ1) is 17.7. The van der Waals surface area contributed by atoms with Gasteiger partial charge in [0.2, 0.25) is 0 Å². The summed E-state index contributed by atoms with van der Waals surface area (Å²) < 4.78 is 5.56. The third kappa shape index (κ3) is 3.57. The Labute approximate surface area is 161 Å². The van der Waals surface area contributed by atoms with E-state index < -0.39 is 6.23 Å². The molecule has 0 fully saturated rings. The Morgan fingerprint density at radius 2 is 1.89 bits per heavy atom. The average Bonchev–Trinajstić information content (AvgIpc) is 3.15. The second kappa shape index (κ2) is 7.48. The summed E-state index contributed by atoms with van der Waals surface area (Å²) in [5.74, 6) is 0.751. The second-order valence-electron chi connectivity index (χ2n) is 6.31. The number of aromatic nitrogens is 1. The fraction of sp³-hybridized carbons (Fsp3) is 0.136. The first-order valence-corrected chi connectivity index (χ1v) is 9.53. The minimum atomic E-state index is -0.846. The molecule has 0 spiro atoms. The molecule has 0 aliphatic heterocycles. The van der Waals surface area contributed by atoms with Crippen LogP contribution >= 0.6 is 11.3 Å². The molecule has 3 N–H and O–H groups in total. The summed E-state index contributed by atoms with van der Waals surface area (Å²) in [6, 6.07) is 22.4. The number of rotatable bonds is 5. The van der Waals surface area contributed by atoms with Crippen LogP contribution in [0.15, 0.2) is 66.7 Å². The molecule has 0 saturated heterocycles. The Kier molecular flexibility index (Phi) is 4.90. The minimum absolute atomic E-state index is 0.438. The summed E-state index contributed by atoms with van der Waals surface area (Å²) in [4.78, 5) is 6.95. The van der Waals surface area contributed by atoms with Crippen LogP contribution in [0.25, 0.3) is 32.6 Å². The minimum Gasteiger partial charge on any atom is -0.494 e. The highest BCUT2D eigenvalue weighted by Crippen LogP contribution is 2.37. The zero-order valence-electron chi connectivity index (χ0n) is 14.9. The van der Waals surface area contributed by atoms with Gasteiger partial charge in [0.05, 0.1) is 17.7 Å². The number of methoxy groups -OCH3 is 1. The van der Waals surface area contributed by atoms with Gasteiger partial charge in [0.1, 0.15) is 17.5 Å². The van der Waals surface area contributed by atoms with Crippen molar-refractivity contribution in [2.75, 3.05) is 7.11 Å². The van der Waals surface area contributed by atoms with Gasteiger partial charge in [-0.15, -0.1) is 11.3 Å². The number of fused-ring (bicyclic) bond motifs is 1. The topological polar surface area (TPSA) is 68.4 Å². The van der Waals surface area contributed by atoms with E-state index in [1.54, 1.807) is 18.4 Å². The predicted octanol–water partition coefficient (Wildman–Crippen LogP) is 4.46. The molecule has 1 unspecified atom stereocenters. The number of para-hydroxylation sites is 1. The molecule has 4 aromatic rings. The Bertz CT molecular complexity index is 1070. The standard InChI is InChI=1S/C22H20N2O2S/c1-26-19-9-5-8-16-17(14-6-3-2-4-7-14)13-18(24-22(16)19)20-11-10-15(27-20)12-21(23)25/h2-11,13,21,25H,12,23H2,1H3. The molecule has 0 bridgehead atoms. The van der Waals surface area contributed by atoms with Crippen LogP contribution in [0.1, 0.15) is 4.88 Å². The lowest BCUT2D eigenvalue weighted by Crippen LogP contribution is -2.20. The van der Waals surface area contributed by atoms with E-state index in [-0.39, 0.29) is 0 Å². The van der Waals surface area contributed by atoms with Crippen LogP contribution < -0.4 is 10.5 Å². The van der Waals surface area contributed by atoms with E-state index in [2.05, 4.69) is 24.3 Å². The summed E-state index contributed by atoms with van der Waals surface area (Å²) in [5, 5.41) is 10.5. The zero-order valence-corrected chi connectivity index (χ0v) is 15.7. The number of aliphatic hydroxyl groups excluding tert-OH is 1. The van der Waals surface area contributed by atoms with Gasteiger partial charge < -0.3 is 15.6 Å². The van der Waals surface area contributed by atoms with E-state index >= 15 is 0 Å². The molecule has 0 aliphatic carbocycles. The van der Waals surface area contributed by atoms with Gasteiger partial charge in [0, 0.05) is 16.7 Å². The van der Waals surface area contributed by atoms with Gasteiger partial charge in [0.15, 0.2) is 0 Å². The number of benzene rings is 2. The molecule has 4 rings (SSSR count). The van der Waals surface area contributed by atoms with Crippen molar-refractivity contribution in [1.29, 1.82) is 0 Å². The third-order valence-electron chi connectivity index (χ3n) is 4.43. The van der Waals surface area contributed by atoms with Crippen LogP contribution in [-0.2, 0) is 6.42 Å². The van der Waals surface area contributed by atoms with Gasteiger partial charge in [-0.1, -0.05) is 42.5 Å². The summed E-state index contributed by atoms with van der Waals surface area (Å²) in [5.41, 5.74) is 9.48. The van der Waals surface area contributed by atoms with E-state index in [0.29, 0.717) is 6.42 Å². The molecule has 0 aliphatic rings. The summed E-state index contributed by atoms with van der Waals surface area (Å²) in [6.07, 6.45) is -0.409. The molecule has 5 heteroatoms. The Morgan fingerprint density at radius 3 is 2.63 bits per heavy atom. The normalized spacial score (nSPS) is 12.3. The molecule has 4 nitrogen and oxygen atoms in total. The van der Waals surface area contributed by atoms with E-state index in [0.717, 1.165) is 43.2 Å². The fourth-order valence-electron chi connectivity index (χ4n) is 3.20. The van der Waals surface area contributed by atoms with Gasteiger partial charge in [0.25, 0.3) is 0 Å². The largest absolute Gasteiger partial charge is 0.494 e. The number of hydrogen-bond acceptors (Lipinski definition) is 5. The summed E-state index contributed by atoms with van der Waals surface area (Å²) in [7, 11) is 1.66. The molecule has 27 heavy (non-hydrogen) atoms. The Balaban J connectivity index is 1.92. The lowest BCUT2D eigenvalue weighted by atomic mass is 9.99. The number of nitrogens with two attached hydrogens (primary N) is 1. The fourth-order valence-corrected chi connectivity index (χ4v) is 4.22. The van der Waals surface area contributed by atoms with Crippen LogP contribution in [0.3, 0.4) is 0 Å². The highest BCUT2D eigenvalue weighted by molar-refractivity contribution is 7.15. The number of hydrogen-bond donors (Lipinski definition) is 2. The van der Waals surface area contributed by atoms with Crippen molar-refractivity contribution in [1.82, 2.24) is 4.98 Å². The van der Waals surface area contributed by atoms with Gasteiger partial charge >= 0.3 is 0 Å². The summed E-state index contributed by atoms with van der Waals surface area (Å²) >= 11 is 1.60. The highest BCUT2D eigenvalue weighted by atomic mass is 32.1. The first-order chi connectivity index (χ1) is 13.2. The monoisotopic (exact) mass is 376 g/mol. The van der Waals surface area contributed by atoms with Crippen molar-refractivity contribution in [3.63, 3.8) is 0 Å². The first-order valence-electron chi connectivity index (χ1n) is 8.71. The van der Waals surface area contributed by atoms with Crippen LogP contribution in [0, 0.1) is 0 Å². The van der Waals surface area contributed by atoms with Crippen molar-refractivity contribution >= 4 is 22.2 Å². The number of thiophene rings is 1. The molecule has 0 amide bonds. The Hall–Kier alpha value is -2.73. The van der Waals surface area contributed by atoms with E-state index in [1.165, 1.54) is 0 Å². The molecule has 136 valence electrons. The lowest BCUT2D eigenvalue weighted by Gasteiger charge is -2.12. The van der Waals surface area contributed by atoms with Gasteiger partial charge in [-0.3, -0.25) is 0 Å². The smallest absolute Gasteiger partial charge is 0.145 e.